The molecule has 0 aromatic heterocycles. The first-order valence-corrected chi connectivity index (χ1v) is 6.68. The Hall–Kier alpha value is -0.530. The predicted molar refractivity (Wildman–Crippen MR) is 75.3 cm³/mol. The van der Waals surface area contributed by atoms with Gasteiger partial charge in [-0.05, 0) is 22.8 Å². The second-order valence-corrected chi connectivity index (χ2v) is 6.44. The van der Waals surface area contributed by atoms with Gasteiger partial charge in [-0.3, -0.25) is 0 Å². The molecule has 0 aliphatic heterocycles. The first-order chi connectivity index (χ1) is 7.65. The first kappa shape index (κ1) is 11.9. The Morgan fingerprint density at radius 2 is 1.81 bits per heavy atom. The Balaban J connectivity index is 2.60. The van der Waals surface area contributed by atoms with Gasteiger partial charge in [-0.2, -0.15) is 0 Å². The van der Waals surface area contributed by atoms with Crippen LogP contribution in [0.25, 0.3) is 10.8 Å². The summed E-state index contributed by atoms with van der Waals surface area (Å²) in [7, 11) is 0. The number of fused-ring (bicyclic) bond motifs is 1. The molecule has 0 amide bonds. The van der Waals surface area contributed by atoms with Gasteiger partial charge >= 0.3 is 0 Å². The van der Waals surface area contributed by atoms with Crippen LogP contribution in [0.4, 0.5) is 0 Å². The van der Waals surface area contributed by atoms with Crippen molar-refractivity contribution >= 4 is 38.3 Å². The van der Waals surface area contributed by atoms with Crippen LogP contribution in [-0.2, 0) is 3.78 Å². The number of alkyl halides is 2. The normalized spacial score (nSPS) is 14.9. The highest BCUT2D eigenvalue weighted by Gasteiger charge is 2.26. The molecular weight excluding hydrogens is 284 g/mol. The number of hydrogen-bond acceptors (Lipinski definition) is 0. The molecule has 0 bridgehead atoms. The molecule has 0 aliphatic rings. The van der Waals surface area contributed by atoms with Crippen molar-refractivity contribution in [1.29, 1.82) is 0 Å². The summed E-state index contributed by atoms with van der Waals surface area (Å²) < 4.78 is -0.442. The smallest absolute Gasteiger partial charge is 0.101 e. The molecular formula is C14H14BrCl. The molecule has 16 heavy (non-hydrogen) atoms. The lowest BCUT2D eigenvalue weighted by molar-refractivity contribution is 0.740. The zero-order valence-electron chi connectivity index (χ0n) is 9.21. The molecule has 0 saturated heterocycles. The van der Waals surface area contributed by atoms with Crippen LogP contribution >= 0.6 is 27.5 Å². The van der Waals surface area contributed by atoms with Gasteiger partial charge in [0.1, 0.15) is 3.78 Å². The van der Waals surface area contributed by atoms with Crippen LogP contribution in [0, 0.1) is 0 Å². The SMILES string of the molecule is CCCC(Cl)(Br)c1cccc2ccccc12. The second-order valence-electron chi connectivity index (χ2n) is 3.98. The van der Waals surface area contributed by atoms with E-state index in [2.05, 4.69) is 65.3 Å². The van der Waals surface area contributed by atoms with E-state index in [1.807, 2.05) is 0 Å². The highest BCUT2D eigenvalue weighted by atomic mass is 79.9. The van der Waals surface area contributed by atoms with Crippen molar-refractivity contribution in [1.82, 2.24) is 0 Å². The molecule has 0 radical (unpaired) electrons. The summed E-state index contributed by atoms with van der Waals surface area (Å²) in [6.45, 7) is 2.14. The third kappa shape index (κ3) is 2.26. The summed E-state index contributed by atoms with van der Waals surface area (Å²) in [5, 5.41) is 2.46. The van der Waals surface area contributed by atoms with Gasteiger partial charge in [-0.15, -0.1) is 11.6 Å². The largest absolute Gasteiger partial charge is 0.125 e. The summed E-state index contributed by atoms with van der Waals surface area (Å²) in [5.41, 5.74) is 1.16. The fourth-order valence-electron chi connectivity index (χ4n) is 1.99. The van der Waals surface area contributed by atoms with E-state index < -0.39 is 3.78 Å². The minimum atomic E-state index is -0.442. The lowest BCUT2D eigenvalue weighted by atomic mass is 10.00. The number of rotatable bonds is 3. The monoisotopic (exact) mass is 296 g/mol. The highest BCUT2D eigenvalue weighted by molar-refractivity contribution is 9.10. The lowest BCUT2D eigenvalue weighted by Crippen LogP contribution is -2.09. The van der Waals surface area contributed by atoms with Gasteiger partial charge in [-0.1, -0.05) is 71.7 Å². The summed E-state index contributed by atoms with van der Waals surface area (Å²) in [5.74, 6) is 0. The summed E-state index contributed by atoms with van der Waals surface area (Å²) >= 11 is 10.2. The van der Waals surface area contributed by atoms with Gasteiger partial charge in [0, 0.05) is 0 Å². The van der Waals surface area contributed by atoms with Crippen molar-refractivity contribution in [2.75, 3.05) is 0 Å². The third-order valence-electron chi connectivity index (χ3n) is 2.75. The van der Waals surface area contributed by atoms with Crippen LogP contribution in [0.15, 0.2) is 42.5 Å². The molecule has 2 rings (SSSR count). The molecule has 0 saturated carbocycles. The van der Waals surface area contributed by atoms with Crippen LogP contribution in [0.2, 0.25) is 0 Å². The van der Waals surface area contributed by atoms with Crippen molar-refractivity contribution in [3.05, 3.63) is 48.0 Å². The van der Waals surface area contributed by atoms with E-state index in [-0.39, 0.29) is 0 Å². The van der Waals surface area contributed by atoms with Crippen LogP contribution in [-0.4, -0.2) is 0 Å². The molecule has 0 spiro atoms. The van der Waals surface area contributed by atoms with E-state index in [9.17, 15) is 0 Å². The van der Waals surface area contributed by atoms with Crippen molar-refractivity contribution < 1.29 is 0 Å². The lowest BCUT2D eigenvalue weighted by Gasteiger charge is -2.21. The Morgan fingerprint density at radius 1 is 1.12 bits per heavy atom. The molecule has 84 valence electrons. The fourth-order valence-corrected chi connectivity index (χ4v) is 3.09. The molecule has 2 aromatic rings. The minimum Gasteiger partial charge on any atom is -0.101 e. The van der Waals surface area contributed by atoms with Gasteiger partial charge in [0.15, 0.2) is 0 Å². The van der Waals surface area contributed by atoms with E-state index in [0.29, 0.717) is 0 Å². The number of halogens is 2. The standard InChI is InChI=1S/C14H14BrCl/c1-2-10-14(15,16)13-9-5-7-11-6-3-4-8-12(11)13/h3-9H,2,10H2,1H3. The molecule has 0 fully saturated rings. The highest BCUT2D eigenvalue weighted by Crippen LogP contribution is 2.43. The van der Waals surface area contributed by atoms with Crippen LogP contribution < -0.4 is 0 Å². The zero-order valence-corrected chi connectivity index (χ0v) is 11.6. The molecule has 0 aliphatic carbocycles. The van der Waals surface area contributed by atoms with E-state index >= 15 is 0 Å². The van der Waals surface area contributed by atoms with Crippen molar-refractivity contribution in [3.63, 3.8) is 0 Å². The summed E-state index contributed by atoms with van der Waals surface area (Å²) in [6.07, 6.45) is 1.97. The van der Waals surface area contributed by atoms with Crippen LogP contribution in [0.1, 0.15) is 25.3 Å². The number of benzene rings is 2. The minimum absolute atomic E-state index is 0.442. The van der Waals surface area contributed by atoms with Crippen LogP contribution in [0.3, 0.4) is 0 Å². The number of hydrogen-bond donors (Lipinski definition) is 0. The molecule has 1 atom stereocenters. The second kappa shape index (κ2) is 4.77. The molecule has 1 unspecified atom stereocenters. The summed E-state index contributed by atoms with van der Waals surface area (Å²) in [4.78, 5) is 0. The maximum absolute atomic E-state index is 6.56. The Bertz CT molecular complexity index is 486. The molecule has 0 nitrogen and oxygen atoms in total. The van der Waals surface area contributed by atoms with Gasteiger partial charge in [0.25, 0.3) is 0 Å². The van der Waals surface area contributed by atoms with Crippen LogP contribution in [0.5, 0.6) is 0 Å². The van der Waals surface area contributed by atoms with E-state index in [1.165, 1.54) is 10.8 Å². The maximum atomic E-state index is 6.56. The molecule has 0 N–H and O–H groups in total. The summed E-state index contributed by atoms with van der Waals surface area (Å²) in [6, 6.07) is 14.6. The van der Waals surface area contributed by atoms with Gasteiger partial charge < -0.3 is 0 Å². The first-order valence-electron chi connectivity index (χ1n) is 5.51. The van der Waals surface area contributed by atoms with E-state index in [1.54, 1.807) is 0 Å². The van der Waals surface area contributed by atoms with Gasteiger partial charge in [-0.25, -0.2) is 0 Å². The molecule has 2 aromatic carbocycles. The predicted octanol–water partition coefficient (Wildman–Crippen LogP) is 5.43. The van der Waals surface area contributed by atoms with E-state index in [0.717, 1.165) is 18.4 Å². The maximum Gasteiger partial charge on any atom is 0.125 e. The molecule has 2 heteroatoms. The van der Waals surface area contributed by atoms with Crippen molar-refractivity contribution in [2.45, 2.75) is 23.5 Å². The molecule has 0 heterocycles. The fraction of sp³-hybridized carbons (Fsp3) is 0.286. The Kier molecular flexibility index (Phi) is 3.56. The van der Waals surface area contributed by atoms with Gasteiger partial charge in [0.05, 0.1) is 0 Å². The third-order valence-corrected chi connectivity index (χ3v) is 3.96. The Morgan fingerprint density at radius 3 is 2.56 bits per heavy atom. The average molecular weight is 298 g/mol. The zero-order chi connectivity index (χ0) is 11.6. The van der Waals surface area contributed by atoms with E-state index in [4.69, 9.17) is 11.6 Å². The van der Waals surface area contributed by atoms with Crippen molar-refractivity contribution in [2.24, 2.45) is 0 Å². The quantitative estimate of drug-likeness (QED) is 0.663. The average Bonchev–Trinajstić information content (AvgIpc) is 2.28. The van der Waals surface area contributed by atoms with Gasteiger partial charge in [0.2, 0.25) is 0 Å². The van der Waals surface area contributed by atoms with Crippen molar-refractivity contribution in [3.8, 4) is 0 Å². The Labute approximate surface area is 110 Å². The topological polar surface area (TPSA) is 0 Å².